The predicted molar refractivity (Wildman–Crippen MR) is 47.0 cm³/mol. The summed E-state index contributed by atoms with van der Waals surface area (Å²) in [5.41, 5.74) is -0.349. The molecule has 0 amide bonds. The summed E-state index contributed by atoms with van der Waals surface area (Å²) in [5.74, 6) is -0.721. The Labute approximate surface area is 89.0 Å². The molecule has 0 aliphatic rings. The van der Waals surface area contributed by atoms with Gasteiger partial charge in [0, 0.05) is 0 Å². The van der Waals surface area contributed by atoms with Gasteiger partial charge in [0.1, 0.15) is 12.4 Å². The Bertz CT molecular complexity index is 379. The maximum atomic E-state index is 12.6. The van der Waals surface area contributed by atoms with Crippen molar-refractivity contribution in [1.29, 1.82) is 0 Å². The lowest BCUT2D eigenvalue weighted by Crippen LogP contribution is -2.19. The van der Waals surface area contributed by atoms with E-state index in [9.17, 15) is 17.6 Å². The second-order valence-electron chi connectivity index (χ2n) is 2.90. The predicted octanol–water partition coefficient (Wildman–Crippen LogP) is 2.77. The minimum atomic E-state index is -4.89. The summed E-state index contributed by atoms with van der Waals surface area (Å²) in [6.07, 6.45) is -3.74. The molecule has 0 unspecified atom stereocenters. The third-order valence-electron chi connectivity index (χ3n) is 1.85. The Morgan fingerprint density at radius 2 is 2.00 bits per heavy atom. The molecule has 90 valence electrons. The van der Waals surface area contributed by atoms with Crippen LogP contribution in [-0.2, 0) is 6.67 Å². The molecule has 0 bridgehead atoms. The molecule has 0 aliphatic heterocycles. The third-order valence-corrected chi connectivity index (χ3v) is 1.85. The van der Waals surface area contributed by atoms with Crippen LogP contribution in [0.2, 0.25) is 0 Å². The van der Waals surface area contributed by atoms with Crippen LogP contribution in [0, 0.1) is 6.92 Å². The van der Waals surface area contributed by atoms with Gasteiger partial charge in [0.2, 0.25) is 0 Å². The van der Waals surface area contributed by atoms with Crippen LogP contribution in [0.4, 0.5) is 17.6 Å². The topological polar surface area (TPSA) is 31.4 Å². The van der Waals surface area contributed by atoms with E-state index in [1.165, 1.54) is 14.0 Å². The van der Waals surface area contributed by atoms with Crippen LogP contribution in [0.25, 0.3) is 0 Å². The number of hydrogen-bond acceptors (Lipinski definition) is 3. The maximum absolute atomic E-state index is 12.6. The summed E-state index contributed by atoms with van der Waals surface area (Å²) < 4.78 is 57.2. The van der Waals surface area contributed by atoms with E-state index in [0.29, 0.717) is 0 Å². The Balaban J connectivity index is 3.23. The number of aryl methyl sites for hydroxylation is 1. The number of ether oxygens (including phenoxy) is 2. The van der Waals surface area contributed by atoms with Crippen LogP contribution < -0.4 is 9.47 Å². The summed E-state index contributed by atoms with van der Waals surface area (Å²) in [4.78, 5) is 3.63. The number of pyridine rings is 1. The van der Waals surface area contributed by atoms with Crippen LogP contribution >= 0.6 is 0 Å². The van der Waals surface area contributed by atoms with E-state index in [1.54, 1.807) is 0 Å². The quantitative estimate of drug-likeness (QED) is 0.760. The molecule has 0 fully saturated rings. The van der Waals surface area contributed by atoms with E-state index in [-0.39, 0.29) is 17.0 Å². The monoisotopic (exact) mass is 239 g/mol. The second-order valence-corrected chi connectivity index (χ2v) is 2.90. The van der Waals surface area contributed by atoms with Crippen molar-refractivity contribution in [3.8, 4) is 11.5 Å². The van der Waals surface area contributed by atoms with Crippen molar-refractivity contribution in [1.82, 2.24) is 4.98 Å². The maximum Gasteiger partial charge on any atom is 0.573 e. The Kier molecular flexibility index (Phi) is 3.56. The summed E-state index contributed by atoms with van der Waals surface area (Å²) in [6, 6.07) is 0. The second kappa shape index (κ2) is 4.54. The number of halogens is 4. The molecule has 0 spiro atoms. The van der Waals surface area contributed by atoms with E-state index in [0.717, 1.165) is 6.20 Å². The number of nitrogens with zero attached hydrogens (tertiary/aromatic N) is 1. The molecule has 16 heavy (non-hydrogen) atoms. The molecule has 0 aliphatic carbocycles. The zero-order chi connectivity index (χ0) is 12.3. The van der Waals surface area contributed by atoms with Crippen LogP contribution in [0.15, 0.2) is 6.20 Å². The fourth-order valence-corrected chi connectivity index (χ4v) is 1.18. The Morgan fingerprint density at radius 3 is 2.44 bits per heavy atom. The van der Waals surface area contributed by atoms with Gasteiger partial charge in [-0.15, -0.1) is 13.2 Å². The highest BCUT2D eigenvalue weighted by molar-refractivity contribution is 5.45. The first-order valence-corrected chi connectivity index (χ1v) is 4.23. The van der Waals surface area contributed by atoms with Crippen molar-refractivity contribution in [3.05, 3.63) is 17.5 Å². The van der Waals surface area contributed by atoms with Crippen molar-refractivity contribution in [2.75, 3.05) is 7.11 Å². The molecular weight excluding hydrogens is 230 g/mol. The molecule has 1 aromatic rings. The third kappa shape index (κ3) is 2.74. The van der Waals surface area contributed by atoms with Crippen LogP contribution in [-0.4, -0.2) is 18.5 Å². The fourth-order valence-electron chi connectivity index (χ4n) is 1.18. The molecule has 1 rings (SSSR count). The fraction of sp³-hybridized carbons (Fsp3) is 0.444. The van der Waals surface area contributed by atoms with E-state index in [2.05, 4.69) is 9.72 Å². The van der Waals surface area contributed by atoms with Gasteiger partial charge in [-0.25, -0.2) is 4.39 Å². The largest absolute Gasteiger partial charge is 0.573 e. The molecule has 7 heteroatoms. The van der Waals surface area contributed by atoms with E-state index in [1.807, 2.05) is 0 Å². The standard InChI is InChI=1S/C9H9F4NO2/c1-5-8(16-9(11,12)13)6(3-10)7(15-2)4-14-5/h4H,3H2,1-2H3. The van der Waals surface area contributed by atoms with Gasteiger partial charge in [0.25, 0.3) is 0 Å². The smallest absolute Gasteiger partial charge is 0.495 e. The summed E-state index contributed by atoms with van der Waals surface area (Å²) in [6.45, 7) is 0.164. The number of methoxy groups -OCH3 is 1. The van der Waals surface area contributed by atoms with Crippen molar-refractivity contribution in [2.45, 2.75) is 20.0 Å². The van der Waals surface area contributed by atoms with Crippen molar-refractivity contribution >= 4 is 0 Å². The normalized spacial score (nSPS) is 11.4. The lowest BCUT2D eigenvalue weighted by atomic mass is 10.2. The van der Waals surface area contributed by atoms with E-state index >= 15 is 0 Å². The molecule has 1 aromatic heterocycles. The molecule has 0 N–H and O–H groups in total. The lowest BCUT2D eigenvalue weighted by Gasteiger charge is -2.15. The van der Waals surface area contributed by atoms with Gasteiger partial charge in [-0.3, -0.25) is 4.98 Å². The number of hydrogen-bond donors (Lipinski definition) is 0. The van der Waals surface area contributed by atoms with Gasteiger partial charge < -0.3 is 9.47 Å². The average molecular weight is 239 g/mol. The molecule has 0 aromatic carbocycles. The number of alkyl halides is 4. The van der Waals surface area contributed by atoms with Gasteiger partial charge in [-0.05, 0) is 6.92 Å². The van der Waals surface area contributed by atoms with Gasteiger partial charge in [0.15, 0.2) is 5.75 Å². The lowest BCUT2D eigenvalue weighted by molar-refractivity contribution is -0.275. The first-order chi connectivity index (χ1) is 7.39. The molecule has 0 saturated carbocycles. The van der Waals surface area contributed by atoms with Crippen LogP contribution in [0.3, 0.4) is 0 Å². The minimum Gasteiger partial charge on any atom is -0.495 e. The highest BCUT2D eigenvalue weighted by Crippen LogP contribution is 2.34. The highest BCUT2D eigenvalue weighted by atomic mass is 19.4. The molecular formula is C9H9F4NO2. The van der Waals surface area contributed by atoms with Gasteiger partial charge >= 0.3 is 6.36 Å². The number of rotatable bonds is 3. The summed E-state index contributed by atoms with van der Waals surface area (Å²) in [7, 11) is 1.21. The zero-order valence-corrected chi connectivity index (χ0v) is 8.56. The average Bonchev–Trinajstić information content (AvgIpc) is 2.19. The van der Waals surface area contributed by atoms with Gasteiger partial charge in [-0.1, -0.05) is 0 Å². The highest BCUT2D eigenvalue weighted by Gasteiger charge is 2.34. The summed E-state index contributed by atoms with van der Waals surface area (Å²) >= 11 is 0. The molecule has 3 nitrogen and oxygen atoms in total. The zero-order valence-electron chi connectivity index (χ0n) is 8.56. The van der Waals surface area contributed by atoms with E-state index in [4.69, 9.17) is 4.74 Å². The number of aromatic nitrogens is 1. The Morgan fingerprint density at radius 1 is 1.38 bits per heavy atom. The van der Waals surface area contributed by atoms with E-state index < -0.39 is 18.8 Å². The van der Waals surface area contributed by atoms with Crippen LogP contribution in [0.5, 0.6) is 11.5 Å². The molecule has 1 heterocycles. The SMILES string of the molecule is COc1cnc(C)c(OC(F)(F)F)c1CF. The van der Waals surface area contributed by atoms with Crippen molar-refractivity contribution in [2.24, 2.45) is 0 Å². The molecule has 0 radical (unpaired) electrons. The van der Waals surface area contributed by atoms with Crippen LogP contribution in [0.1, 0.15) is 11.3 Å². The molecule has 0 atom stereocenters. The first kappa shape index (κ1) is 12.5. The molecule has 0 saturated heterocycles. The van der Waals surface area contributed by atoms with Gasteiger partial charge in [0.05, 0.1) is 24.6 Å². The van der Waals surface area contributed by atoms with Crippen molar-refractivity contribution < 1.29 is 27.0 Å². The first-order valence-electron chi connectivity index (χ1n) is 4.23. The minimum absolute atomic E-state index is 0.0502. The van der Waals surface area contributed by atoms with Crippen molar-refractivity contribution in [3.63, 3.8) is 0 Å². The summed E-state index contributed by atoms with van der Waals surface area (Å²) in [5, 5.41) is 0. The Hall–Kier alpha value is -1.53. The van der Waals surface area contributed by atoms with Gasteiger partial charge in [-0.2, -0.15) is 0 Å².